The van der Waals surface area contributed by atoms with Gasteiger partial charge in [-0.15, -0.1) is 0 Å². The first kappa shape index (κ1) is 24.2. The minimum atomic E-state index is -0.950. The van der Waals surface area contributed by atoms with E-state index >= 15 is 0 Å². The number of allylic oxidation sites excluding steroid dienone is 2. The Morgan fingerprint density at radius 3 is 1.16 bits per heavy atom. The topological polar surface area (TPSA) is 131 Å². The van der Waals surface area contributed by atoms with Gasteiger partial charge in [0.05, 0.1) is 52.9 Å². The zero-order valence-corrected chi connectivity index (χ0v) is 15.2. The van der Waals surface area contributed by atoms with E-state index in [1.165, 1.54) is 0 Å². The molecule has 0 spiro atoms. The number of hydrogen-bond donors (Lipinski definition) is 6. The van der Waals surface area contributed by atoms with Crippen LogP contribution in [0.15, 0.2) is 24.3 Å². The van der Waals surface area contributed by atoms with Gasteiger partial charge in [0, 0.05) is 10.8 Å². The molecule has 0 aliphatic rings. The first-order valence-electron chi connectivity index (χ1n) is 8.48. The predicted octanol–water partition coefficient (Wildman–Crippen LogP) is -0.686. The highest BCUT2D eigenvalue weighted by Gasteiger charge is 2.33. The Morgan fingerprint density at radius 1 is 0.640 bits per heavy atom. The number of rotatable bonds is 14. The third-order valence-electron chi connectivity index (χ3n) is 5.10. The SMILES string of the molecule is CC(C=CCOCC=CC(C)C(CO)(CO)CO)C(CO)(CO)CO. The summed E-state index contributed by atoms with van der Waals surface area (Å²) in [6.07, 6.45) is 7.08. The smallest absolute Gasteiger partial charge is 0.0651 e. The summed E-state index contributed by atoms with van der Waals surface area (Å²) < 4.78 is 5.41. The van der Waals surface area contributed by atoms with E-state index < -0.39 is 10.8 Å². The van der Waals surface area contributed by atoms with Crippen molar-refractivity contribution in [2.24, 2.45) is 22.7 Å². The molecule has 0 aliphatic heterocycles. The van der Waals surface area contributed by atoms with Crippen molar-refractivity contribution in [1.82, 2.24) is 0 Å². The molecule has 0 bridgehead atoms. The van der Waals surface area contributed by atoms with Crippen LogP contribution in [-0.2, 0) is 4.74 Å². The first-order valence-corrected chi connectivity index (χ1v) is 8.48. The Hall–Kier alpha value is -0.800. The van der Waals surface area contributed by atoms with Crippen LogP contribution < -0.4 is 0 Å². The molecule has 6 N–H and O–H groups in total. The lowest BCUT2D eigenvalue weighted by Gasteiger charge is -2.32. The number of aliphatic hydroxyl groups excluding tert-OH is 6. The van der Waals surface area contributed by atoms with Crippen LogP contribution in [0.5, 0.6) is 0 Å². The monoisotopic (exact) mass is 362 g/mol. The van der Waals surface area contributed by atoms with Crippen molar-refractivity contribution in [1.29, 1.82) is 0 Å². The highest BCUT2D eigenvalue weighted by Crippen LogP contribution is 2.28. The quantitative estimate of drug-likeness (QED) is 0.178. The Balaban J connectivity index is 4.33. The van der Waals surface area contributed by atoms with Crippen molar-refractivity contribution in [3.63, 3.8) is 0 Å². The molecule has 0 aromatic heterocycles. The van der Waals surface area contributed by atoms with E-state index in [-0.39, 0.29) is 51.5 Å². The van der Waals surface area contributed by atoms with E-state index in [9.17, 15) is 30.6 Å². The summed E-state index contributed by atoms with van der Waals surface area (Å²) in [5.74, 6) is -0.433. The zero-order chi connectivity index (χ0) is 19.3. The minimum absolute atomic E-state index is 0.217. The maximum atomic E-state index is 9.35. The molecule has 2 atom stereocenters. The second-order valence-electron chi connectivity index (χ2n) is 6.64. The molecule has 0 saturated heterocycles. The van der Waals surface area contributed by atoms with Crippen LogP contribution in [0.2, 0.25) is 0 Å². The summed E-state index contributed by atoms with van der Waals surface area (Å²) in [5.41, 5.74) is -1.90. The standard InChI is InChI=1S/C18H34O7/c1-15(17(9-19,10-20)11-21)5-3-7-25-8-4-6-16(2)18(12-22,13-23)14-24/h3-6,15-16,19-24H,7-14H2,1-2H3. The molecule has 0 fully saturated rings. The molecule has 0 aromatic rings. The summed E-state index contributed by atoms with van der Waals surface area (Å²) in [7, 11) is 0. The Kier molecular flexibility index (Phi) is 12.1. The summed E-state index contributed by atoms with van der Waals surface area (Å²) in [4.78, 5) is 0. The third kappa shape index (κ3) is 6.79. The van der Waals surface area contributed by atoms with Gasteiger partial charge in [0.1, 0.15) is 0 Å². The number of hydrogen-bond acceptors (Lipinski definition) is 7. The van der Waals surface area contributed by atoms with Crippen LogP contribution in [0.25, 0.3) is 0 Å². The largest absolute Gasteiger partial charge is 0.396 e. The van der Waals surface area contributed by atoms with Crippen LogP contribution in [0.3, 0.4) is 0 Å². The van der Waals surface area contributed by atoms with Crippen molar-refractivity contribution in [2.75, 3.05) is 52.9 Å². The highest BCUT2D eigenvalue weighted by molar-refractivity contribution is 4.98. The molecule has 0 amide bonds. The van der Waals surface area contributed by atoms with E-state index in [1.807, 2.05) is 0 Å². The van der Waals surface area contributed by atoms with E-state index in [2.05, 4.69) is 0 Å². The maximum Gasteiger partial charge on any atom is 0.0651 e. The average Bonchev–Trinajstić information content (AvgIpc) is 2.64. The predicted molar refractivity (Wildman–Crippen MR) is 94.8 cm³/mol. The number of aliphatic hydroxyl groups is 6. The molecule has 7 heteroatoms. The van der Waals surface area contributed by atoms with E-state index in [1.54, 1.807) is 38.2 Å². The Morgan fingerprint density at radius 2 is 0.920 bits per heavy atom. The maximum absolute atomic E-state index is 9.35. The van der Waals surface area contributed by atoms with Crippen molar-refractivity contribution in [2.45, 2.75) is 13.8 Å². The van der Waals surface area contributed by atoms with E-state index in [0.29, 0.717) is 13.2 Å². The van der Waals surface area contributed by atoms with Crippen molar-refractivity contribution in [3.05, 3.63) is 24.3 Å². The van der Waals surface area contributed by atoms with Crippen LogP contribution in [0.1, 0.15) is 13.8 Å². The summed E-state index contributed by atoms with van der Waals surface area (Å²) in [5, 5.41) is 56.1. The Bertz CT molecular complexity index is 334. The molecule has 0 aliphatic carbocycles. The minimum Gasteiger partial charge on any atom is -0.396 e. The van der Waals surface area contributed by atoms with Gasteiger partial charge in [0.25, 0.3) is 0 Å². The molecule has 0 aromatic carbocycles. The fourth-order valence-corrected chi connectivity index (χ4v) is 2.30. The molecule has 0 rings (SSSR count). The lowest BCUT2D eigenvalue weighted by Crippen LogP contribution is -2.39. The normalized spacial score (nSPS) is 16.0. The molecule has 2 unspecified atom stereocenters. The van der Waals surface area contributed by atoms with Crippen molar-refractivity contribution < 1.29 is 35.4 Å². The van der Waals surface area contributed by atoms with Gasteiger partial charge in [0.15, 0.2) is 0 Å². The lowest BCUT2D eigenvalue weighted by molar-refractivity contribution is -0.0201. The van der Waals surface area contributed by atoms with Crippen molar-refractivity contribution >= 4 is 0 Å². The van der Waals surface area contributed by atoms with Gasteiger partial charge in [-0.25, -0.2) is 0 Å². The van der Waals surface area contributed by atoms with Crippen LogP contribution >= 0.6 is 0 Å². The molecule has 0 heterocycles. The third-order valence-corrected chi connectivity index (χ3v) is 5.10. The van der Waals surface area contributed by atoms with Gasteiger partial charge in [-0.1, -0.05) is 38.2 Å². The fraction of sp³-hybridized carbons (Fsp3) is 0.778. The fourth-order valence-electron chi connectivity index (χ4n) is 2.30. The lowest BCUT2D eigenvalue weighted by atomic mass is 9.78. The van der Waals surface area contributed by atoms with E-state index in [0.717, 1.165) is 0 Å². The first-order chi connectivity index (χ1) is 11.9. The molecular weight excluding hydrogens is 328 g/mol. The van der Waals surface area contributed by atoms with Gasteiger partial charge < -0.3 is 35.4 Å². The van der Waals surface area contributed by atoms with Crippen LogP contribution in [0, 0.1) is 22.7 Å². The second kappa shape index (κ2) is 12.5. The van der Waals surface area contributed by atoms with Gasteiger partial charge >= 0.3 is 0 Å². The summed E-state index contributed by atoms with van der Waals surface area (Å²) in [6.45, 7) is 2.40. The summed E-state index contributed by atoms with van der Waals surface area (Å²) in [6, 6.07) is 0. The van der Waals surface area contributed by atoms with Gasteiger partial charge in [-0.3, -0.25) is 0 Å². The molecule has 148 valence electrons. The van der Waals surface area contributed by atoms with Gasteiger partial charge in [0.2, 0.25) is 0 Å². The molecule has 0 saturated carbocycles. The highest BCUT2D eigenvalue weighted by atomic mass is 16.5. The second-order valence-corrected chi connectivity index (χ2v) is 6.64. The van der Waals surface area contributed by atoms with E-state index in [4.69, 9.17) is 4.74 Å². The van der Waals surface area contributed by atoms with Crippen LogP contribution in [-0.4, -0.2) is 83.5 Å². The van der Waals surface area contributed by atoms with Gasteiger partial charge in [-0.05, 0) is 11.8 Å². The average molecular weight is 362 g/mol. The summed E-state index contributed by atoms with van der Waals surface area (Å²) >= 11 is 0. The van der Waals surface area contributed by atoms with Gasteiger partial charge in [-0.2, -0.15) is 0 Å². The number of ether oxygens (including phenoxy) is 1. The molecular formula is C18H34O7. The Labute approximate surface area is 149 Å². The molecule has 25 heavy (non-hydrogen) atoms. The zero-order valence-electron chi connectivity index (χ0n) is 15.2. The van der Waals surface area contributed by atoms with Crippen molar-refractivity contribution in [3.8, 4) is 0 Å². The molecule has 0 radical (unpaired) electrons. The molecule has 7 nitrogen and oxygen atoms in total. The van der Waals surface area contributed by atoms with Crippen LogP contribution in [0.4, 0.5) is 0 Å².